The number of rotatable bonds is 1. The number of hydrogen-bond donors (Lipinski definition) is 0. The van der Waals surface area contributed by atoms with Crippen molar-refractivity contribution in [2.45, 2.75) is 58.3 Å². The van der Waals surface area contributed by atoms with Crippen LogP contribution in [0.25, 0.3) is 0 Å². The highest BCUT2D eigenvalue weighted by atomic mass is 14.3. The molecule has 2 atom stereocenters. The Morgan fingerprint density at radius 2 is 1.92 bits per heavy atom. The Morgan fingerprint density at radius 1 is 1.15 bits per heavy atom. The van der Waals surface area contributed by atoms with Crippen LogP contribution in [-0.4, -0.2) is 0 Å². The van der Waals surface area contributed by atoms with Gasteiger partial charge in [-0.25, -0.2) is 0 Å². The molecule has 0 aromatic carbocycles. The van der Waals surface area contributed by atoms with E-state index in [0.29, 0.717) is 0 Å². The molecule has 0 aliphatic heterocycles. The summed E-state index contributed by atoms with van der Waals surface area (Å²) >= 11 is 0. The summed E-state index contributed by atoms with van der Waals surface area (Å²) in [5.41, 5.74) is 1.82. The van der Waals surface area contributed by atoms with Crippen LogP contribution in [0, 0.1) is 11.8 Å². The molecule has 2 unspecified atom stereocenters. The molecule has 13 heavy (non-hydrogen) atoms. The van der Waals surface area contributed by atoms with Gasteiger partial charge in [-0.1, -0.05) is 31.4 Å². The van der Waals surface area contributed by atoms with E-state index < -0.39 is 0 Å². The van der Waals surface area contributed by atoms with Crippen molar-refractivity contribution >= 4 is 0 Å². The SMILES string of the molecule is CC/C=C1/CCCC2CCCCC12. The van der Waals surface area contributed by atoms with E-state index in [1.165, 1.54) is 51.4 Å². The van der Waals surface area contributed by atoms with Crippen LogP contribution in [0.5, 0.6) is 0 Å². The molecule has 0 aromatic rings. The zero-order valence-corrected chi connectivity index (χ0v) is 8.89. The molecule has 0 aromatic heterocycles. The first-order chi connectivity index (χ1) is 6.42. The summed E-state index contributed by atoms with van der Waals surface area (Å²) in [4.78, 5) is 0. The van der Waals surface area contributed by atoms with Gasteiger partial charge in [0.05, 0.1) is 0 Å². The molecule has 2 aliphatic carbocycles. The molecule has 0 amide bonds. The molecule has 0 heterocycles. The molecule has 0 heteroatoms. The van der Waals surface area contributed by atoms with Crippen molar-refractivity contribution in [2.24, 2.45) is 11.8 Å². The summed E-state index contributed by atoms with van der Waals surface area (Å²) in [5.74, 6) is 2.07. The predicted octanol–water partition coefficient (Wildman–Crippen LogP) is 4.31. The lowest BCUT2D eigenvalue weighted by molar-refractivity contribution is 0.222. The second-order valence-electron chi connectivity index (χ2n) is 4.73. The minimum Gasteiger partial charge on any atom is -0.0853 e. The third-order valence-electron chi connectivity index (χ3n) is 3.89. The Labute approximate surface area is 82.4 Å². The second-order valence-corrected chi connectivity index (χ2v) is 4.73. The maximum Gasteiger partial charge on any atom is -0.0175 e. The first-order valence-corrected chi connectivity index (χ1v) is 6.10. The minimum absolute atomic E-state index is 1.00. The van der Waals surface area contributed by atoms with Crippen molar-refractivity contribution in [1.82, 2.24) is 0 Å². The van der Waals surface area contributed by atoms with Gasteiger partial charge in [-0.2, -0.15) is 0 Å². The van der Waals surface area contributed by atoms with Gasteiger partial charge in [0.1, 0.15) is 0 Å². The van der Waals surface area contributed by atoms with E-state index >= 15 is 0 Å². The molecule has 0 bridgehead atoms. The van der Waals surface area contributed by atoms with Crippen LogP contribution >= 0.6 is 0 Å². The molecule has 2 fully saturated rings. The van der Waals surface area contributed by atoms with Crippen molar-refractivity contribution in [3.05, 3.63) is 11.6 Å². The molecule has 0 nitrogen and oxygen atoms in total. The zero-order valence-electron chi connectivity index (χ0n) is 8.89. The molecule has 0 spiro atoms. The van der Waals surface area contributed by atoms with E-state index in [4.69, 9.17) is 0 Å². The van der Waals surface area contributed by atoms with Crippen molar-refractivity contribution in [3.63, 3.8) is 0 Å². The van der Waals surface area contributed by atoms with E-state index in [9.17, 15) is 0 Å². The van der Waals surface area contributed by atoms with Crippen LogP contribution in [0.3, 0.4) is 0 Å². The molecule has 2 rings (SSSR count). The van der Waals surface area contributed by atoms with Gasteiger partial charge in [0.2, 0.25) is 0 Å². The Morgan fingerprint density at radius 3 is 2.77 bits per heavy atom. The summed E-state index contributed by atoms with van der Waals surface area (Å²) in [5, 5.41) is 0. The lowest BCUT2D eigenvalue weighted by atomic mass is 9.68. The Kier molecular flexibility index (Phi) is 3.08. The van der Waals surface area contributed by atoms with Crippen LogP contribution < -0.4 is 0 Å². The summed E-state index contributed by atoms with van der Waals surface area (Å²) in [7, 11) is 0. The van der Waals surface area contributed by atoms with Crippen molar-refractivity contribution in [1.29, 1.82) is 0 Å². The first-order valence-electron chi connectivity index (χ1n) is 6.10. The van der Waals surface area contributed by atoms with Crippen LogP contribution in [0.1, 0.15) is 58.3 Å². The largest absolute Gasteiger partial charge is 0.0853 e. The van der Waals surface area contributed by atoms with Crippen molar-refractivity contribution in [3.8, 4) is 0 Å². The van der Waals surface area contributed by atoms with Crippen LogP contribution in [-0.2, 0) is 0 Å². The van der Waals surface area contributed by atoms with E-state index in [1.807, 2.05) is 5.57 Å². The average Bonchev–Trinajstić information content (AvgIpc) is 2.19. The lowest BCUT2D eigenvalue weighted by Gasteiger charge is -2.37. The molecule has 0 saturated heterocycles. The maximum atomic E-state index is 2.52. The fourth-order valence-corrected chi connectivity index (χ4v) is 3.31. The van der Waals surface area contributed by atoms with Crippen molar-refractivity contribution in [2.75, 3.05) is 0 Å². The summed E-state index contributed by atoms with van der Waals surface area (Å²) < 4.78 is 0. The van der Waals surface area contributed by atoms with Crippen LogP contribution in [0.2, 0.25) is 0 Å². The summed E-state index contributed by atoms with van der Waals surface area (Å²) in [6.07, 6.45) is 14.2. The van der Waals surface area contributed by atoms with E-state index in [-0.39, 0.29) is 0 Å². The normalized spacial score (nSPS) is 37.5. The smallest absolute Gasteiger partial charge is 0.0175 e. The van der Waals surface area contributed by atoms with Gasteiger partial charge in [-0.3, -0.25) is 0 Å². The number of allylic oxidation sites excluding steroid dienone is 2. The third-order valence-corrected chi connectivity index (χ3v) is 3.89. The molecule has 0 N–H and O–H groups in total. The van der Waals surface area contributed by atoms with Crippen LogP contribution in [0.4, 0.5) is 0 Å². The molecule has 0 radical (unpaired) electrons. The highest BCUT2D eigenvalue weighted by molar-refractivity contribution is 5.11. The summed E-state index contributed by atoms with van der Waals surface area (Å²) in [6.45, 7) is 2.28. The van der Waals surface area contributed by atoms with Gasteiger partial charge in [0, 0.05) is 0 Å². The van der Waals surface area contributed by atoms with Gasteiger partial charge < -0.3 is 0 Å². The Bertz CT molecular complexity index is 188. The van der Waals surface area contributed by atoms with Gasteiger partial charge in [-0.15, -0.1) is 0 Å². The van der Waals surface area contributed by atoms with Crippen LogP contribution in [0.15, 0.2) is 11.6 Å². The van der Waals surface area contributed by atoms with Gasteiger partial charge in [-0.05, 0) is 50.4 Å². The van der Waals surface area contributed by atoms with E-state index in [1.54, 1.807) is 0 Å². The Balaban J connectivity index is 2.06. The lowest BCUT2D eigenvalue weighted by Crippen LogP contribution is -2.25. The fraction of sp³-hybridized carbons (Fsp3) is 0.846. The highest BCUT2D eigenvalue weighted by Gasteiger charge is 2.30. The Hall–Kier alpha value is -0.260. The van der Waals surface area contributed by atoms with Gasteiger partial charge >= 0.3 is 0 Å². The van der Waals surface area contributed by atoms with E-state index in [2.05, 4.69) is 13.0 Å². The minimum atomic E-state index is 1.00. The predicted molar refractivity (Wildman–Crippen MR) is 57.7 cm³/mol. The first kappa shape index (κ1) is 9.30. The molecule has 74 valence electrons. The standard InChI is InChI=1S/C13H22/c1-2-6-11-8-5-9-12-7-3-4-10-13(11)12/h6,12-13H,2-5,7-10H2,1H3/b11-6-. The van der Waals surface area contributed by atoms with E-state index in [0.717, 1.165) is 11.8 Å². The average molecular weight is 178 g/mol. The summed E-state index contributed by atoms with van der Waals surface area (Å²) in [6, 6.07) is 0. The third kappa shape index (κ3) is 1.98. The number of fused-ring (bicyclic) bond motifs is 1. The number of hydrogen-bond acceptors (Lipinski definition) is 0. The second kappa shape index (κ2) is 4.30. The fourth-order valence-electron chi connectivity index (χ4n) is 3.31. The van der Waals surface area contributed by atoms with Gasteiger partial charge in [0.15, 0.2) is 0 Å². The van der Waals surface area contributed by atoms with Gasteiger partial charge in [0.25, 0.3) is 0 Å². The molecule has 2 saturated carbocycles. The zero-order chi connectivity index (χ0) is 9.10. The molecular weight excluding hydrogens is 156 g/mol. The van der Waals surface area contributed by atoms with Crippen molar-refractivity contribution < 1.29 is 0 Å². The topological polar surface area (TPSA) is 0 Å². The highest BCUT2D eigenvalue weighted by Crippen LogP contribution is 2.43. The maximum absolute atomic E-state index is 2.52. The molecule has 2 aliphatic rings. The molecular formula is C13H22. The monoisotopic (exact) mass is 178 g/mol. The quantitative estimate of drug-likeness (QED) is 0.525.